The largest absolute Gasteiger partial charge is 0.486 e. The number of hydrogen-bond donors (Lipinski definition) is 0. The fourth-order valence-electron chi connectivity index (χ4n) is 2.14. The summed E-state index contributed by atoms with van der Waals surface area (Å²) in [6.07, 6.45) is 5.22. The summed E-state index contributed by atoms with van der Waals surface area (Å²) in [5.74, 6) is 1.92. The number of rotatable bonds is 4. The standard InChI is InChI=1S/C14H25BO4/c1-13(2)14(3,4)19-15(18-13)9-7-11-17-12-8-5-6-10-16-12/h7,9,12H,5-6,8,10-11H2,1-4H3/b9-7+/t12-/m1/s1. The van der Waals surface area contributed by atoms with Crippen LogP contribution in [0.4, 0.5) is 0 Å². The van der Waals surface area contributed by atoms with Crippen LogP contribution in [0.25, 0.3) is 0 Å². The predicted octanol–water partition coefficient (Wildman–Crippen LogP) is 2.72. The van der Waals surface area contributed by atoms with Crippen LogP contribution < -0.4 is 0 Å². The average Bonchev–Trinajstić information content (AvgIpc) is 2.55. The fourth-order valence-corrected chi connectivity index (χ4v) is 2.14. The van der Waals surface area contributed by atoms with Gasteiger partial charge in [-0.2, -0.15) is 0 Å². The molecule has 4 nitrogen and oxygen atoms in total. The van der Waals surface area contributed by atoms with Gasteiger partial charge in [0.05, 0.1) is 17.8 Å². The van der Waals surface area contributed by atoms with Crippen molar-refractivity contribution in [2.45, 2.75) is 64.4 Å². The molecule has 2 heterocycles. The summed E-state index contributed by atoms with van der Waals surface area (Å²) in [7, 11) is -0.291. The average molecular weight is 268 g/mol. The van der Waals surface area contributed by atoms with Crippen LogP contribution >= 0.6 is 0 Å². The van der Waals surface area contributed by atoms with Crippen molar-refractivity contribution in [3.05, 3.63) is 12.1 Å². The zero-order valence-corrected chi connectivity index (χ0v) is 12.5. The summed E-state index contributed by atoms with van der Waals surface area (Å²) in [5, 5.41) is 0. The van der Waals surface area contributed by atoms with E-state index in [4.69, 9.17) is 18.8 Å². The molecule has 0 N–H and O–H groups in total. The van der Waals surface area contributed by atoms with E-state index in [1.165, 1.54) is 6.42 Å². The van der Waals surface area contributed by atoms with Gasteiger partial charge in [-0.25, -0.2) is 0 Å². The first-order chi connectivity index (χ1) is 8.91. The third-order valence-electron chi connectivity index (χ3n) is 4.08. The zero-order valence-electron chi connectivity index (χ0n) is 12.5. The van der Waals surface area contributed by atoms with Gasteiger partial charge in [0.2, 0.25) is 0 Å². The summed E-state index contributed by atoms with van der Waals surface area (Å²) in [4.78, 5) is 0. The van der Waals surface area contributed by atoms with E-state index in [0.717, 1.165) is 19.4 Å². The Labute approximate surface area is 116 Å². The van der Waals surface area contributed by atoms with E-state index in [1.54, 1.807) is 0 Å². The van der Waals surface area contributed by atoms with Gasteiger partial charge in [-0.05, 0) is 47.0 Å². The molecule has 2 fully saturated rings. The molecule has 0 spiro atoms. The van der Waals surface area contributed by atoms with Gasteiger partial charge in [0.15, 0.2) is 6.29 Å². The first kappa shape index (κ1) is 15.0. The molecule has 2 aliphatic rings. The van der Waals surface area contributed by atoms with E-state index >= 15 is 0 Å². The lowest BCUT2D eigenvalue weighted by molar-refractivity contribution is -0.155. The third-order valence-corrected chi connectivity index (χ3v) is 4.08. The fraction of sp³-hybridized carbons (Fsp3) is 0.857. The van der Waals surface area contributed by atoms with Crippen LogP contribution in [0.2, 0.25) is 0 Å². The van der Waals surface area contributed by atoms with Crippen LogP contribution in [0.1, 0.15) is 47.0 Å². The lowest BCUT2D eigenvalue weighted by Gasteiger charge is -2.32. The van der Waals surface area contributed by atoms with E-state index < -0.39 is 0 Å². The molecule has 0 radical (unpaired) electrons. The molecule has 2 saturated heterocycles. The molecule has 0 aromatic heterocycles. The van der Waals surface area contributed by atoms with Crippen LogP contribution in [0.15, 0.2) is 12.1 Å². The molecule has 0 amide bonds. The van der Waals surface area contributed by atoms with Gasteiger partial charge in [-0.1, -0.05) is 12.1 Å². The van der Waals surface area contributed by atoms with Gasteiger partial charge in [0.1, 0.15) is 0 Å². The van der Waals surface area contributed by atoms with Gasteiger partial charge in [0.25, 0.3) is 0 Å². The van der Waals surface area contributed by atoms with E-state index in [0.29, 0.717) is 6.61 Å². The smallest absolute Gasteiger partial charge is 0.400 e. The van der Waals surface area contributed by atoms with Crippen molar-refractivity contribution < 1.29 is 18.8 Å². The highest BCUT2D eigenvalue weighted by Crippen LogP contribution is 2.36. The minimum absolute atomic E-state index is 0.0447. The van der Waals surface area contributed by atoms with Gasteiger partial charge < -0.3 is 18.8 Å². The summed E-state index contributed by atoms with van der Waals surface area (Å²) in [6, 6.07) is 0. The van der Waals surface area contributed by atoms with E-state index in [-0.39, 0.29) is 24.6 Å². The quantitative estimate of drug-likeness (QED) is 0.734. The van der Waals surface area contributed by atoms with Crippen molar-refractivity contribution in [2.75, 3.05) is 13.2 Å². The maximum absolute atomic E-state index is 5.86. The second-order valence-electron chi connectivity index (χ2n) is 6.18. The Balaban J connectivity index is 1.72. The highest BCUT2D eigenvalue weighted by molar-refractivity contribution is 6.51. The van der Waals surface area contributed by atoms with Crippen LogP contribution in [-0.4, -0.2) is 37.8 Å². The number of ether oxygens (including phenoxy) is 2. The summed E-state index contributed by atoms with van der Waals surface area (Å²) in [5.41, 5.74) is -0.565. The van der Waals surface area contributed by atoms with Crippen molar-refractivity contribution >= 4 is 7.12 Å². The molecular formula is C14H25BO4. The Morgan fingerprint density at radius 2 is 1.84 bits per heavy atom. The molecule has 0 unspecified atom stereocenters. The topological polar surface area (TPSA) is 36.9 Å². The molecule has 0 bridgehead atoms. The van der Waals surface area contributed by atoms with Crippen LogP contribution in [0.5, 0.6) is 0 Å². The normalized spacial score (nSPS) is 30.1. The summed E-state index contributed by atoms with van der Waals surface area (Å²) >= 11 is 0. The summed E-state index contributed by atoms with van der Waals surface area (Å²) in [6.45, 7) is 9.54. The lowest BCUT2D eigenvalue weighted by atomic mass is 9.90. The van der Waals surface area contributed by atoms with E-state index in [2.05, 4.69) is 0 Å². The van der Waals surface area contributed by atoms with Crippen LogP contribution in [-0.2, 0) is 18.8 Å². The molecule has 108 valence electrons. The van der Waals surface area contributed by atoms with Crippen LogP contribution in [0.3, 0.4) is 0 Å². The maximum Gasteiger partial charge on any atom is 0.486 e. The molecule has 0 aliphatic carbocycles. The highest BCUT2D eigenvalue weighted by Gasteiger charge is 2.49. The Bertz CT molecular complexity index is 305. The first-order valence-electron chi connectivity index (χ1n) is 7.16. The third kappa shape index (κ3) is 3.82. The minimum Gasteiger partial charge on any atom is -0.400 e. The Hall–Kier alpha value is -0.355. The van der Waals surface area contributed by atoms with Gasteiger partial charge in [-0.15, -0.1) is 0 Å². The Kier molecular flexibility index (Phi) is 4.72. The van der Waals surface area contributed by atoms with Gasteiger partial charge in [-0.3, -0.25) is 0 Å². The molecule has 2 rings (SSSR count). The monoisotopic (exact) mass is 268 g/mol. The molecule has 1 atom stereocenters. The maximum atomic E-state index is 5.86. The highest BCUT2D eigenvalue weighted by atomic mass is 16.7. The second-order valence-corrected chi connectivity index (χ2v) is 6.18. The predicted molar refractivity (Wildman–Crippen MR) is 74.8 cm³/mol. The minimum atomic E-state index is -0.291. The zero-order chi connectivity index (χ0) is 13.9. The van der Waals surface area contributed by atoms with Crippen molar-refractivity contribution in [3.63, 3.8) is 0 Å². The molecule has 5 heteroatoms. The molecule has 2 aliphatic heterocycles. The van der Waals surface area contributed by atoms with Gasteiger partial charge in [0, 0.05) is 6.61 Å². The molecular weight excluding hydrogens is 243 g/mol. The van der Waals surface area contributed by atoms with Crippen molar-refractivity contribution in [1.29, 1.82) is 0 Å². The molecule has 0 saturated carbocycles. The number of hydrogen-bond acceptors (Lipinski definition) is 4. The van der Waals surface area contributed by atoms with Crippen molar-refractivity contribution in [3.8, 4) is 0 Å². The first-order valence-corrected chi connectivity index (χ1v) is 7.16. The summed E-state index contributed by atoms with van der Waals surface area (Å²) < 4.78 is 22.8. The second kappa shape index (κ2) is 5.96. The molecule has 19 heavy (non-hydrogen) atoms. The van der Waals surface area contributed by atoms with E-state index in [9.17, 15) is 0 Å². The van der Waals surface area contributed by atoms with Crippen LogP contribution in [0, 0.1) is 0 Å². The van der Waals surface area contributed by atoms with Crippen molar-refractivity contribution in [1.82, 2.24) is 0 Å². The lowest BCUT2D eigenvalue weighted by Crippen LogP contribution is -2.41. The Morgan fingerprint density at radius 1 is 1.16 bits per heavy atom. The van der Waals surface area contributed by atoms with Gasteiger partial charge >= 0.3 is 7.12 Å². The SMILES string of the molecule is CC1(C)OB(/C=C/CO[C@@H]2CCCCO2)OC1(C)C. The van der Waals surface area contributed by atoms with E-state index in [1.807, 2.05) is 39.7 Å². The van der Waals surface area contributed by atoms with Crippen molar-refractivity contribution in [2.24, 2.45) is 0 Å². The molecule has 0 aromatic carbocycles. The Morgan fingerprint density at radius 3 is 2.42 bits per heavy atom. The molecule has 0 aromatic rings.